The van der Waals surface area contributed by atoms with Crippen LogP contribution in [0.2, 0.25) is 0 Å². The third-order valence-electron chi connectivity index (χ3n) is 2.15. The van der Waals surface area contributed by atoms with E-state index in [9.17, 15) is 4.79 Å². The molecule has 0 radical (unpaired) electrons. The van der Waals surface area contributed by atoms with Crippen LogP contribution in [0, 0.1) is 11.3 Å². The molecule has 0 spiro atoms. The molecule has 0 aromatic carbocycles. The van der Waals surface area contributed by atoms with Crippen LogP contribution in [0.15, 0.2) is 0 Å². The Labute approximate surface area is 78.8 Å². The Morgan fingerprint density at radius 2 is 2.31 bits per heavy atom. The van der Waals surface area contributed by atoms with Crippen LogP contribution in [-0.4, -0.2) is 29.9 Å². The third kappa shape index (κ3) is 3.05. The molecule has 4 heteroatoms. The molecule has 4 nitrogen and oxygen atoms in total. The summed E-state index contributed by atoms with van der Waals surface area (Å²) in [5.74, 6) is 0.958. The van der Waals surface area contributed by atoms with Gasteiger partial charge in [-0.15, -0.1) is 0 Å². The molecule has 0 saturated carbocycles. The van der Waals surface area contributed by atoms with Crippen molar-refractivity contribution in [3.63, 3.8) is 0 Å². The van der Waals surface area contributed by atoms with Gasteiger partial charge in [0.1, 0.15) is 5.84 Å². The van der Waals surface area contributed by atoms with Gasteiger partial charge in [-0.1, -0.05) is 13.8 Å². The van der Waals surface area contributed by atoms with Crippen LogP contribution in [0.4, 0.5) is 4.79 Å². The summed E-state index contributed by atoms with van der Waals surface area (Å²) >= 11 is 0. The summed E-state index contributed by atoms with van der Waals surface area (Å²) in [4.78, 5) is 13.1. The van der Waals surface area contributed by atoms with E-state index in [-0.39, 0.29) is 6.03 Å². The Morgan fingerprint density at radius 3 is 2.85 bits per heavy atom. The number of urea groups is 1. The van der Waals surface area contributed by atoms with E-state index in [1.54, 1.807) is 4.90 Å². The minimum absolute atomic E-state index is 0.114. The van der Waals surface area contributed by atoms with Gasteiger partial charge in [0.15, 0.2) is 0 Å². The summed E-state index contributed by atoms with van der Waals surface area (Å²) in [5.41, 5.74) is 0. The second-order valence-electron chi connectivity index (χ2n) is 3.83. The maximum absolute atomic E-state index is 11.3. The first-order valence-electron chi connectivity index (χ1n) is 4.73. The molecule has 1 aliphatic rings. The molecule has 74 valence electrons. The van der Waals surface area contributed by atoms with Crippen molar-refractivity contribution in [1.82, 2.24) is 10.2 Å². The van der Waals surface area contributed by atoms with Gasteiger partial charge in [0.05, 0.1) is 0 Å². The van der Waals surface area contributed by atoms with Crippen molar-refractivity contribution in [2.24, 2.45) is 5.92 Å². The number of nitrogens with zero attached hydrogens (tertiary/aromatic N) is 1. The fourth-order valence-corrected chi connectivity index (χ4v) is 1.25. The molecular weight excluding hydrogens is 166 g/mol. The number of amidine groups is 1. The smallest absolute Gasteiger partial charge is 0.322 e. The number of carbonyl (C=O) groups is 1. The lowest BCUT2D eigenvalue weighted by Crippen LogP contribution is -2.49. The van der Waals surface area contributed by atoms with Gasteiger partial charge in [0, 0.05) is 19.5 Å². The fourth-order valence-electron chi connectivity index (χ4n) is 1.25. The summed E-state index contributed by atoms with van der Waals surface area (Å²) in [7, 11) is 0. The van der Waals surface area contributed by atoms with Crippen LogP contribution < -0.4 is 5.32 Å². The van der Waals surface area contributed by atoms with Crippen molar-refractivity contribution < 1.29 is 4.79 Å². The number of amides is 2. The van der Waals surface area contributed by atoms with Crippen LogP contribution in [-0.2, 0) is 0 Å². The summed E-state index contributed by atoms with van der Waals surface area (Å²) in [5, 5.41) is 9.79. The summed E-state index contributed by atoms with van der Waals surface area (Å²) in [6, 6.07) is -0.114. The van der Waals surface area contributed by atoms with E-state index in [1.165, 1.54) is 0 Å². The van der Waals surface area contributed by atoms with E-state index in [4.69, 9.17) is 5.41 Å². The van der Waals surface area contributed by atoms with Crippen molar-refractivity contribution in [3.8, 4) is 0 Å². The molecule has 0 aliphatic carbocycles. The van der Waals surface area contributed by atoms with Gasteiger partial charge < -0.3 is 4.90 Å². The number of hydrogen-bond donors (Lipinski definition) is 2. The zero-order valence-corrected chi connectivity index (χ0v) is 8.26. The van der Waals surface area contributed by atoms with E-state index < -0.39 is 0 Å². The van der Waals surface area contributed by atoms with Gasteiger partial charge in [0.2, 0.25) is 0 Å². The van der Waals surface area contributed by atoms with Gasteiger partial charge in [-0.2, -0.15) is 0 Å². The molecule has 0 aromatic heterocycles. The number of nitrogens with one attached hydrogen (secondary N) is 2. The molecule has 0 unspecified atom stereocenters. The summed E-state index contributed by atoms with van der Waals surface area (Å²) in [6.45, 7) is 5.78. The molecule has 1 rings (SSSR count). The number of rotatable bonds is 3. The minimum Gasteiger partial charge on any atom is -0.324 e. The maximum Gasteiger partial charge on any atom is 0.322 e. The predicted octanol–water partition coefficient (Wildman–Crippen LogP) is 1.43. The lowest BCUT2D eigenvalue weighted by atomic mass is 10.1. The molecule has 0 aromatic rings. The Hall–Kier alpha value is -1.06. The van der Waals surface area contributed by atoms with Gasteiger partial charge in [-0.25, -0.2) is 4.79 Å². The first-order valence-corrected chi connectivity index (χ1v) is 4.73. The third-order valence-corrected chi connectivity index (χ3v) is 2.15. The van der Waals surface area contributed by atoms with Crippen molar-refractivity contribution in [2.45, 2.75) is 26.7 Å². The fraction of sp³-hybridized carbons (Fsp3) is 0.778. The van der Waals surface area contributed by atoms with Crippen LogP contribution in [0.5, 0.6) is 0 Å². The quantitative estimate of drug-likeness (QED) is 0.683. The largest absolute Gasteiger partial charge is 0.324 e. The second kappa shape index (κ2) is 4.25. The van der Waals surface area contributed by atoms with E-state index in [0.717, 1.165) is 13.0 Å². The Bertz CT molecular complexity index is 213. The Morgan fingerprint density at radius 1 is 1.62 bits per heavy atom. The van der Waals surface area contributed by atoms with E-state index >= 15 is 0 Å². The van der Waals surface area contributed by atoms with Crippen LogP contribution >= 0.6 is 0 Å². The Balaban J connectivity index is 2.34. The SMILES string of the molecule is CC(C)CCN1CCC(=N)NC1=O. The zero-order valence-electron chi connectivity index (χ0n) is 8.26. The number of carbonyl (C=O) groups excluding carboxylic acids is 1. The van der Waals surface area contributed by atoms with Gasteiger partial charge >= 0.3 is 6.03 Å². The summed E-state index contributed by atoms with van der Waals surface area (Å²) in [6.07, 6.45) is 1.69. The molecule has 1 fully saturated rings. The molecule has 1 aliphatic heterocycles. The van der Waals surface area contributed by atoms with Crippen molar-refractivity contribution in [1.29, 1.82) is 5.41 Å². The number of hydrogen-bond acceptors (Lipinski definition) is 2. The first kappa shape index (κ1) is 10.0. The molecule has 0 atom stereocenters. The standard InChI is InChI=1S/C9H17N3O/c1-7(2)3-5-12-6-4-8(10)11-9(12)13/h7H,3-6H2,1-2H3,(H2,10,11,13). The van der Waals surface area contributed by atoms with Crippen LogP contribution in [0.1, 0.15) is 26.7 Å². The van der Waals surface area contributed by atoms with Crippen LogP contribution in [0.25, 0.3) is 0 Å². The maximum atomic E-state index is 11.3. The molecule has 0 bridgehead atoms. The molecule has 1 heterocycles. The highest BCUT2D eigenvalue weighted by Gasteiger charge is 2.20. The molecule has 2 amide bonds. The molecular formula is C9H17N3O. The van der Waals surface area contributed by atoms with Crippen molar-refractivity contribution in [2.75, 3.05) is 13.1 Å². The highest BCUT2D eigenvalue weighted by molar-refractivity contribution is 5.98. The normalized spacial score (nSPS) is 17.9. The van der Waals surface area contributed by atoms with Crippen LogP contribution in [0.3, 0.4) is 0 Å². The average Bonchev–Trinajstić information content (AvgIpc) is 2.02. The molecule has 2 N–H and O–H groups in total. The molecule has 1 saturated heterocycles. The second-order valence-corrected chi connectivity index (χ2v) is 3.83. The first-order chi connectivity index (χ1) is 6.09. The van der Waals surface area contributed by atoms with E-state index in [0.29, 0.717) is 24.7 Å². The summed E-state index contributed by atoms with van der Waals surface area (Å²) < 4.78 is 0. The van der Waals surface area contributed by atoms with Crippen molar-refractivity contribution in [3.05, 3.63) is 0 Å². The lowest BCUT2D eigenvalue weighted by molar-refractivity contribution is 0.196. The topological polar surface area (TPSA) is 56.2 Å². The lowest BCUT2D eigenvalue weighted by Gasteiger charge is -2.28. The Kier molecular flexibility index (Phi) is 3.28. The zero-order chi connectivity index (χ0) is 9.84. The minimum atomic E-state index is -0.114. The van der Waals surface area contributed by atoms with Gasteiger partial charge in [-0.3, -0.25) is 10.7 Å². The van der Waals surface area contributed by atoms with Gasteiger partial charge in [-0.05, 0) is 12.3 Å². The highest BCUT2D eigenvalue weighted by Crippen LogP contribution is 2.05. The average molecular weight is 183 g/mol. The van der Waals surface area contributed by atoms with Crippen molar-refractivity contribution >= 4 is 11.9 Å². The predicted molar refractivity (Wildman–Crippen MR) is 51.9 cm³/mol. The monoisotopic (exact) mass is 183 g/mol. The molecule has 13 heavy (non-hydrogen) atoms. The highest BCUT2D eigenvalue weighted by atomic mass is 16.2. The van der Waals surface area contributed by atoms with E-state index in [2.05, 4.69) is 19.2 Å². The van der Waals surface area contributed by atoms with Gasteiger partial charge in [0.25, 0.3) is 0 Å². The van der Waals surface area contributed by atoms with E-state index in [1.807, 2.05) is 0 Å².